The molecule has 0 fully saturated rings. The van der Waals surface area contributed by atoms with Crippen molar-refractivity contribution in [2.24, 2.45) is 5.73 Å². The smallest absolute Gasteiger partial charge is 0.425 e. The van der Waals surface area contributed by atoms with Gasteiger partial charge in [-0.25, -0.2) is 0 Å². The lowest BCUT2D eigenvalue weighted by Gasteiger charge is -2.21. The van der Waals surface area contributed by atoms with Crippen LogP contribution in [0.5, 0.6) is 5.75 Å². The molecule has 0 unspecified atom stereocenters. The quantitative estimate of drug-likeness (QED) is 0.866. The topological polar surface area (TPSA) is 61.6 Å². The van der Waals surface area contributed by atoms with Crippen LogP contribution >= 0.6 is 0 Å². The van der Waals surface area contributed by atoms with Gasteiger partial charge in [0, 0.05) is 19.1 Å². The van der Waals surface area contributed by atoms with Crippen LogP contribution in [0.1, 0.15) is 16.8 Å². The van der Waals surface area contributed by atoms with Gasteiger partial charge in [0.25, 0.3) is 0 Å². The Labute approximate surface area is 108 Å². The Balaban J connectivity index is 2.75. The molecule has 1 atom stereocenters. The molecule has 0 aliphatic carbocycles. The van der Waals surface area contributed by atoms with Crippen molar-refractivity contribution >= 4 is 5.91 Å². The highest BCUT2D eigenvalue weighted by molar-refractivity contribution is 5.92. The van der Waals surface area contributed by atoms with Gasteiger partial charge < -0.3 is 15.2 Å². The number of rotatable bonds is 6. The van der Waals surface area contributed by atoms with Crippen LogP contribution in [0.2, 0.25) is 0 Å². The average Bonchev–Trinajstić information content (AvgIpc) is 2.33. The summed E-state index contributed by atoms with van der Waals surface area (Å²) in [4.78, 5) is 10.8. The van der Waals surface area contributed by atoms with E-state index in [4.69, 9.17) is 10.5 Å². The van der Waals surface area contributed by atoms with E-state index in [1.807, 2.05) is 0 Å². The maximum absolute atomic E-state index is 12.7. The van der Waals surface area contributed by atoms with Gasteiger partial charge in [0.2, 0.25) is 5.91 Å². The van der Waals surface area contributed by atoms with Crippen molar-refractivity contribution in [3.63, 3.8) is 0 Å². The summed E-state index contributed by atoms with van der Waals surface area (Å²) in [5, 5.41) is 0. The minimum Gasteiger partial charge on any atom is -0.481 e. The minimum absolute atomic E-state index is 0.0171. The molecule has 0 spiro atoms. The van der Waals surface area contributed by atoms with E-state index in [0.29, 0.717) is 0 Å². The standard InChI is InChI=1S/C12H14F3NO3/c1-18-7-6-10(12(13,14)15)19-9-4-2-8(3-5-9)11(16)17/h2-5,10H,6-7H2,1H3,(H2,16,17)/t10-/m1/s1. The van der Waals surface area contributed by atoms with Crippen molar-refractivity contribution in [1.29, 1.82) is 0 Å². The third-order valence-corrected chi connectivity index (χ3v) is 2.37. The summed E-state index contributed by atoms with van der Waals surface area (Å²) >= 11 is 0. The summed E-state index contributed by atoms with van der Waals surface area (Å²) in [5.74, 6) is -0.637. The first-order valence-corrected chi connectivity index (χ1v) is 5.46. The molecule has 1 aromatic rings. The molecule has 0 aliphatic rings. The average molecular weight is 277 g/mol. The number of alkyl halides is 3. The summed E-state index contributed by atoms with van der Waals surface area (Å²) in [7, 11) is 1.31. The molecule has 0 saturated heterocycles. The highest BCUT2D eigenvalue weighted by Gasteiger charge is 2.41. The van der Waals surface area contributed by atoms with Crippen molar-refractivity contribution < 1.29 is 27.4 Å². The summed E-state index contributed by atoms with van der Waals surface area (Å²) in [6.07, 6.45) is -6.75. The molecule has 1 amide bonds. The first-order valence-electron chi connectivity index (χ1n) is 5.46. The largest absolute Gasteiger partial charge is 0.481 e. The van der Waals surface area contributed by atoms with Crippen LogP contribution < -0.4 is 10.5 Å². The van der Waals surface area contributed by atoms with E-state index in [-0.39, 0.29) is 24.3 Å². The minimum atomic E-state index is -4.49. The van der Waals surface area contributed by atoms with E-state index >= 15 is 0 Å². The van der Waals surface area contributed by atoms with Gasteiger partial charge in [0.15, 0.2) is 6.10 Å². The molecule has 2 N–H and O–H groups in total. The molecular weight excluding hydrogens is 263 g/mol. The van der Waals surface area contributed by atoms with Gasteiger partial charge in [-0.3, -0.25) is 4.79 Å². The number of nitrogens with two attached hydrogens (primary N) is 1. The number of primary amides is 1. The number of benzene rings is 1. The Morgan fingerprint density at radius 1 is 1.32 bits per heavy atom. The fourth-order valence-electron chi connectivity index (χ4n) is 1.38. The molecule has 4 nitrogen and oxygen atoms in total. The van der Waals surface area contributed by atoms with Crippen LogP contribution in [0.4, 0.5) is 13.2 Å². The second kappa shape index (κ2) is 6.42. The van der Waals surface area contributed by atoms with Crippen molar-refractivity contribution in [3.8, 4) is 5.75 Å². The summed E-state index contributed by atoms with van der Waals surface area (Å²) < 4.78 is 47.5. The summed E-state index contributed by atoms with van der Waals surface area (Å²) in [6.45, 7) is -0.0659. The van der Waals surface area contributed by atoms with Gasteiger partial charge in [-0.1, -0.05) is 0 Å². The van der Waals surface area contributed by atoms with Gasteiger partial charge in [-0.15, -0.1) is 0 Å². The second-order valence-electron chi connectivity index (χ2n) is 3.82. The van der Waals surface area contributed by atoms with Crippen molar-refractivity contribution in [3.05, 3.63) is 29.8 Å². The number of carbonyl (C=O) groups is 1. The highest BCUT2D eigenvalue weighted by Crippen LogP contribution is 2.27. The number of hydrogen-bond donors (Lipinski definition) is 1. The predicted octanol–water partition coefficient (Wildman–Crippen LogP) is 2.13. The molecule has 0 radical (unpaired) electrons. The number of amides is 1. The first kappa shape index (κ1) is 15.3. The molecular formula is C12H14F3NO3. The maximum Gasteiger partial charge on any atom is 0.425 e. The van der Waals surface area contributed by atoms with E-state index in [1.165, 1.54) is 31.4 Å². The van der Waals surface area contributed by atoms with Crippen molar-refractivity contribution in [2.45, 2.75) is 18.7 Å². The van der Waals surface area contributed by atoms with Gasteiger partial charge >= 0.3 is 6.18 Å². The maximum atomic E-state index is 12.7. The van der Waals surface area contributed by atoms with Gasteiger partial charge in [0.05, 0.1) is 6.61 Å². The number of hydrogen-bond acceptors (Lipinski definition) is 3. The van der Waals surface area contributed by atoms with E-state index in [1.54, 1.807) is 0 Å². The Kier molecular flexibility index (Phi) is 5.17. The Bertz CT molecular complexity index is 417. The normalized spacial score (nSPS) is 13.1. The van der Waals surface area contributed by atoms with Crippen LogP contribution in [-0.2, 0) is 4.74 Å². The molecule has 1 aromatic carbocycles. The first-order chi connectivity index (χ1) is 8.84. The van der Waals surface area contributed by atoms with Crippen LogP contribution in [0.3, 0.4) is 0 Å². The van der Waals surface area contributed by atoms with Crippen LogP contribution in [-0.4, -0.2) is 31.9 Å². The number of carbonyl (C=O) groups excluding carboxylic acids is 1. The number of methoxy groups -OCH3 is 1. The molecule has 0 saturated carbocycles. The third kappa shape index (κ3) is 4.78. The lowest BCUT2D eigenvalue weighted by Crippen LogP contribution is -2.35. The zero-order chi connectivity index (χ0) is 14.5. The zero-order valence-corrected chi connectivity index (χ0v) is 10.2. The Morgan fingerprint density at radius 3 is 2.32 bits per heavy atom. The SMILES string of the molecule is COCC[C@@H](Oc1ccc(C(N)=O)cc1)C(F)(F)F. The summed E-state index contributed by atoms with van der Waals surface area (Å²) in [6, 6.07) is 5.15. The lowest BCUT2D eigenvalue weighted by atomic mass is 10.2. The monoisotopic (exact) mass is 277 g/mol. The molecule has 7 heteroatoms. The predicted molar refractivity (Wildman–Crippen MR) is 61.9 cm³/mol. The van der Waals surface area contributed by atoms with Crippen molar-refractivity contribution in [1.82, 2.24) is 0 Å². The Hall–Kier alpha value is -1.76. The van der Waals surface area contributed by atoms with E-state index in [2.05, 4.69) is 4.74 Å². The van der Waals surface area contributed by atoms with Crippen LogP contribution in [0, 0.1) is 0 Å². The molecule has 0 heterocycles. The van der Waals surface area contributed by atoms with E-state index in [0.717, 1.165) is 0 Å². The van der Waals surface area contributed by atoms with Gasteiger partial charge in [-0.05, 0) is 24.3 Å². The fourth-order valence-corrected chi connectivity index (χ4v) is 1.38. The molecule has 106 valence electrons. The van der Waals surface area contributed by atoms with E-state index < -0.39 is 18.2 Å². The van der Waals surface area contributed by atoms with Crippen LogP contribution in [0.25, 0.3) is 0 Å². The summed E-state index contributed by atoms with van der Waals surface area (Å²) in [5.41, 5.74) is 5.23. The molecule has 1 rings (SSSR count). The fraction of sp³-hybridized carbons (Fsp3) is 0.417. The molecule has 0 bridgehead atoms. The molecule has 19 heavy (non-hydrogen) atoms. The van der Waals surface area contributed by atoms with Crippen molar-refractivity contribution in [2.75, 3.05) is 13.7 Å². The molecule has 0 aliphatic heterocycles. The van der Waals surface area contributed by atoms with Gasteiger partial charge in [0.1, 0.15) is 5.75 Å². The lowest BCUT2D eigenvalue weighted by molar-refractivity contribution is -0.199. The molecule has 0 aromatic heterocycles. The number of ether oxygens (including phenoxy) is 2. The van der Waals surface area contributed by atoms with E-state index in [9.17, 15) is 18.0 Å². The Morgan fingerprint density at radius 2 is 1.89 bits per heavy atom. The van der Waals surface area contributed by atoms with Crippen LogP contribution in [0.15, 0.2) is 24.3 Å². The van der Waals surface area contributed by atoms with Gasteiger partial charge in [-0.2, -0.15) is 13.2 Å². The number of halogens is 3. The highest BCUT2D eigenvalue weighted by atomic mass is 19.4. The second-order valence-corrected chi connectivity index (χ2v) is 3.82. The zero-order valence-electron chi connectivity index (χ0n) is 10.2. The third-order valence-electron chi connectivity index (χ3n) is 2.37.